The fraction of sp³-hybridized carbons (Fsp3) is 0.235. The Morgan fingerprint density at radius 3 is 1.91 bits per heavy atom. The molecule has 5 aromatic carbocycles. The number of oxime groups is 1. The number of nitrogens with zero attached hydrogens (tertiary/aromatic N) is 3. The van der Waals surface area contributed by atoms with Crippen LogP contribution in [0.4, 0.5) is 5.13 Å². The predicted octanol–water partition coefficient (Wildman–Crippen LogP) is 9.00. The van der Waals surface area contributed by atoms with Crippen LogP contribution in [0.3, 0.4) is 0 Å². The molecule has 2 amide bonds. The molecule has 1 aromatic heterocycles. The smallest absolute Gasteiger partial charge is 0.356 e. The van der Waals surface area contributed by atoms with Crippen LogP contribution in [0.15, 0.2) is 173 Å². The Labute approximate surface area is 390 Å². The molecule has 0 spiro atoms. The van der Waals surface area contributed by atoms with Gasteiger partial charge in [-0.05, 0) is 46.6 Å². The summed E-state index contributed by atoms with van der Waals surface area (Å²) in [5.74, 6) is 0.0264. The quantitative estimate of drug-likeness (QED) is 0.0319. The summed E-state index contributed by atoms with van der Waals surface area (Å²) in [4.78, 5) is 55.6. The molecule has 0 bridgehead atoms. The van der Waals surface area contributed by atoms with Gasteiger partial charge in [-0.2, -0.15) is 0 Å². The Balaban J connectivity index is 0.973. The molecule has 2 N–H and O–H groups in total. The molecule has 9 rings (SSSR count). The highest BCUT2D eigenvalue weighted by molar-refractivity contribution is 8.06. The van der Waals surface area contributed by atoms with Crippen LogP contribution in [-0.4, -0.2) is 76.6 Å². The SMILES string of the molecule is CO/N=C(\C(=O)NC1C(=O)N2C(C(=O)OC(c3ccccc3)c3ccccc3)=C(SCC3CCOCC3)CS[C@@H]12)c1csc(NC(c2ccccc2)(c2ccccc2)c2ccccc2)n1. The van der Waals surface area contributed by atoms with Gasteiger partial charge in [0.05, 0.1) is 0 Å². The number of thiazole rings is 1. The molecule has 65 heavy (non-hydrogen) atoms. The number of carbonyl (C=O) groups excluding carboxylic acids is 3. The van der Waals surface area contributed by atoms with Crippen LogP contribution in [0.5, 0.6) is 0 Å². The van der Waals surface area contributed by atoms with Gasteiger partial charge >= 0.3 is 5.97 Å². The highest BCUT2D eigenvalue weighted by atomic mass is 32.2. The summed E-state index contributed by atoms with van der Waals surface area (Å²) in [5.41, 5.74) is 4.14. The number of rotatable bonds is 16. The fourth-order valence-corrected chi connectivity index (χ4v) is 12.0. The van der Waals surface area contributed by atoms with Crippen molar-refractivity contribution in [3.63, 3.8) is 0 Å². The highest BCUT2D eigenvalue weighted by Gasteiger charge is 2.55. The van der Waals surface area contributed by atoms with Crippen molar-refractivity contribution in [3.05, 3.63) is 201 Å². The summed E-state index contributed by atoms with van der Waals surface area (Å²) in [5, 5.41) is 12.5. The molecular weight excluding hydrogens is 875 g/mol. The number of benzene rings is 5. The first-order valence-corrected chi connectivity index (χ1v) is 24.4. The van der Waals surface area contributed by atoms with Gasteiger partial charge < -0.3 is 24.9 Å². The first kappa shape index (κ1) is 44.0. The lowest BCUT2D eigenvalue weighted by Crippen LogP contribution is -2.71. The van der Waals surface area contributed by atoms with Crippen LogP contribution in [0, 0.1) is 5.92 Å². The Bertz CT molecular complexity index is 2510. The normalized spacial score (nSPS) is 17.8. The van der Waals surface area contributed by atoms with Gasteiger partial charge in [-0.3, -0.25) is 14.5 Å². The third-order valence-corrected chi connectivity index (χ3v) is 15.3. The van der Waals surface area contributed by atoms with Crippen LogP contribution in [-0.2, 0) is 34.2 Å². The number of hydrogen-bond acceptors (Lipinski definition) is 12. The van der Waals surface area contributed by atoms with E-state index in [4.69, 9.17) is 19.3 Å². The standard InChI is InChI=1S/C51H47N5O6S3/c1-60-55-42(40-32-65-50(52-40)54-51(37-21-11-4-12-22-37,38-23-13-5-14-24-38)39-25-15-6-16-26-39)46(57)53-43-47(58)56-44(41(33-64-48(43)56)63-31-34-27-29-61-30-28-34)49(59)62-45(35-17-7-2-8-18-35)36-19-9-3-10-20-36/h2-26,32,34,43,45,48H,27-31,33H2,1H3,(H,52,54)(H,53,57)/b55-42-/t43?,48-/m0/s1. The minimum Gasteiger partial charge on any atom is -0.448 e. The molecule has 11 nitrogen and oxygen atoms in total. The third kappa shape index (κ3) is 9.35. The zero-order valence-electron chi connectivity index (χ0n) is 35.6. The number of hydrogen-bond donors (Lipinski definition) is 2. The number of thioether (sulfide) groups is 2. The maximum Gasteiger partial charge on any atom is 0.356 e. The van der Waals surface area contributed by atoms with Crippen LogP contribution in [0.25, 0.3) is 0 Å². The van der Waals surface area contributed by atoms with Crippen molar-refractivity contribution in [2.45, 2.75) is 35.9 Å². The molecule has 0 radical (unpaired) electrons. The van der Waals surface area contributed by atoms with Crippen LogP contribution >= 0.6 is 34.9 Å². The molecule has 2 atom stereocenters. The van der Waals surface area contributed by atoms with E-state index in [1.807, 2.05) is 115 Å². The lowest BCUT2D eigenvalue weighted by Gasteiger charge is -2.49. The zero-order chi connectivity index (χ0) is 44.6. The first-order valence-electron chi connectivity index (χ1n) is 21.5. The number of ether oxygens (including phenoxy) is 2. The number of fused-ring (bicyclic) bond motifs is 1. The predicted molar refractivity (Wildman–Crippen MR) is 257 cm³/mol. The second kappa shape index (κ2) is 20.3. The third-order valence-electron chi connectivity index (χ3n) is 11.7. The second-order valence-electron chi connectivity index (χ2n) is 15.7. The van der Waals surface area contributed by atoms with E-state index in [9.17, 15) is 14.4 Å². The van der Waals surface area contributed by atoms with Crippen LogP contribution in [0.1, 0.15) is 52.5 Å². The molecule has 330 valence electrons. The largest absolute Gasteiger partial charge is 0.448 e. The number of amides is 2. The van der Waals surface area contributed by atoms with Gasteiger partial charge in [0.1, 0.15) is 35.5 Å². The summed E-state index contributed by atoms with van der Waals surface area (Å²) in [6, 6.07) is 48.7. The van der Waals surface area contributed by atoms with Crippen LogP contribution in [0.2, 0.25) is 0 Å². The number of anilines is 1. The van der Waals surface area contributed by atoms with Gasteiger partial charge in [0.25, 0.3) is 11.8 Å². The molecule has 0 aliphatic carbocycles. The summed E-state index contributed by atoms with van der Waals surface area (Å²) < 4.78 is 12.0. The average Bonchev–Trinajstić information content (AvgIpc) is 3.84. The molecule has 3 aliphatic rings. The van der Waals surface area contributed by atoms with Gasteiger partial charge in [0, 0.05) is 35.0 Å². The summed E-state index contributed by atoms with van der Waals surface area (Å²) >= 11 is 4.43. The van der Waals surface area contributed by atoms with Gasteiger partial charge in [0.15, 0.2) is 16.9 Å². The molecule has 0 saturated carbocycles. The number of β-lactam (4-membered cyclic amide) rings is 1. The van der Waals surface area contributed by atoms with Crippen molar-refractivity contribution < 1.29 is 28.7 Å². The van der Waals surface area contributed by atoms with Gasteiger partial charge in [-0.15, -0.1) is 34.9 Å². The van der Waals surface area contributed by atoms with Crippen molar-refractivity contribution in [2.24, 2.45) is 11.1 Å². The molecular formula is C51H47N5O6S3. The Morgan fingerprint density at radius 2 is 1.37 bits per heavy atom. The van der Waals surface area contributed by atoms with Crippen molar-refractivity contribution in [1.29, 1.82) is 0 Å². The Hall–Kier alpha value is -6.19. The minimum absolute atomic E-state index is 0.0926. The van der Waals surface area contributed by atoms with Crippen LogP contribution < -0.4 is 10.6 Å². The average molecular weight is 922 g/mol. The minimum atomic E-state index is -0.948. The van der Waals surface area contributed by atoms with Crippen molar-refractivity contribution >= 4 is 63.5 Å². The van der Waals surface area contributed by atoms with E-state index in [1.54, 1.807) is 17.1 Å². The molecule has 6 aromatic rings. The van der Waals surface area contributed by atoms with E-state index in [2.05, 4.69) is 52.2 Å². The number of aromatic nitrogens is 1. The van der Waals surface area contributed by atoms with Crippen molar-refractivity contribution in [3.8, 4) is 0 Å². The van der Waals surface area contributed by atoms with E-state index in [-0.39, 0.29) is 17.1 Å². The van der Waals surface area contributed by atoms with Gasteiger partial charge in [0.2, 0.25) is 0 Å². The van der Waals surface area contributed by atoms with E-state index in [0.717, 1.165) is 51.3 Å². The number of carbonyl (C=O) groups is 3. The molecule has 2 fully saturated rings. The summed E-state index contributed by atoms with van der Waals surface area (Å²) in [6.45, 7) is 1.42. The van der Waals surface area contributed by atoms with E-state index in [1.165, 1.54) is 35.1 Å². The van der Waals surface area contributed by atoms with Gasteiger partial charge in [-0.25, -0.2) is 9.78 Å². The number of nitrogens with one attached hydrogen (secondary N) is 2. The Kier molecular flexibility index (Phi) is 13.8. The van der Waals surface area contributed by atoms with E-state index in [0.29, 0.717) is 30.0 Å². The zero-order valence-corrected chi connectivity index (χ0v) is 38.0. The molecule has 3 aliphatic heterocycles. The molecule has 4 heterocycles. The number of esters is 1. The maximum atomic E-state index is 14.6. The fourth-order valence-electron chi connectivity index (χ4n) is 8.46. The molecule has 14 heteroatoms. The Morgan fingerprint density at radius 1 is 0.831 bits per heavy atom. The lowest BCUT2D eigenvalue weighted by atomic mass is 9.77. The first-order chi connectivity index (χ1) is 31.9. The summed E-state index contributed by atoms with van der Waals surface area (Å²) in [6.07, 6.45) is 1.17. The topological polar surface area (TPSA) is 131 Å². The molecule has 2 saturated heterocycles. The monoisotopic (exact) mass is 921 g/mol. The second-order valence-corrected chi connectivity index (χ2v) is 18.8. The van der Waals surface area contributed by atoms with E-state index < -0.39 is 40.8 Å². The lowest BCUT2D eigenvalue weighted by molar-refractivity contribution is -0.154. The molecule has 1 unspecified atom stereocenters. The summed E-state index contributed by atoms with van der Waals surface area (Å²) in [7, 11) is 1.36. The van der Waals surface area contributed by atoms with Gasteiger partial charge in [-0.1, -0.05) is 157 Å². The van der Waals surface area contributed by atoms with Crippen molar-refractivity contribution in [1.82, 2.24) is 15.2 Å². The highest BCUT2D eigenvalue weighted by Crippen LogP contribution is 2.46. The van der Waals surface area contributed by atoms with E-state index >= 15 is 0 Å². The maximum absolute atomic E-state index is 14.6. The van der Waals surface area contributed by atoms with Crippen molar-refractivity contribution in [2.75, 3.05) is 37.1 Å².